The number of anilines is 1. The Morgan fingerprint density at radius 2 is 2.33 bits per heavy atom. The van der Waals surface area contributed by atoms with E-state index in [0.29, 0.717) is 18.0 Å². The van der Waals surface area contributed by atoms with Crippen molar-refractivity contribution in [3.8, 4) is 0 Å². The zero-order valence-electron chi connectivity index (χ0n) is 13.9. The molecule has 0 unspecified atom stereocenters. The predicted octanol–water partition coefficient (Wildman–Crippen LogP) is 2.97. The lowest BCUT2D eigenvalue weighted by atomic mass is 10.0. The first-order valence-electron chi connectivity index (χ1n) is 8.63. The molecule has 6 heteroatoms. The molecule has 1 amide bonds. The van der Waals surface area contributed by atoms with Gasteiger partial charge in [-0.2, -0.15) is 0 Å². The van der Waals surface area contributed by atoms with Crippen LogP contribution in [-0.4, -0.2) is 40.4 Å². The van der Waals surface area contributed by atoms with Crippen LogP contribution in [0.25, 0.3) is 0 Å². The minimum atomic E-state index is 0.0696. The van der Waals surface area contributed by atoms with E-state index in [4.69, 9.17) is 4.98 Å². The number of rotatable bonds is 4. The molecule has 2 aromatic rings. The van der Waals surface area contributed by atoms with Gasteiger partial charge in [0.1, 0.15) is 0 Å². The highest BCUT2D eigenvalue weighted by Crippen LogP contribution is 2.25. The van der Waals surface area contributed by atoms with Gasteiger partial charge in [0.2, 0.25) is 5.95 Å². The number of hydrogen-bond acceptors (Lipinski definition) is 5. The Morgan fingerprint density at radius 1 is 1.42 bits per heavy atom. The summed E-state index contributed by atoms with van der Waals surface area (Å²) in [7, 11) is 0. The maximum atomic E-state index is 12.5. The number of aromatic nitrogens is 2. The number of carbonyl (C=O) groups is 1. The Kier molecular flexibility index (Phi) is 4.22. The minimum absolute atomic E-state index is 0.0696. The molecule has 0 bridgehead atoms. The fraction of sp³-hybridized carbons (Fsp3) is 0.500. The van der Waals surface area contributed by atoms with Gasteiger partial charge in [-0.05, 0) is 36.6 Å². The van der Waals surface area contributed by atoms with E-state index in [2.05, 4.69) is 34.3 Å². The second-order valence-corrected chi connectivity index (χ2v) is 7.81. The quantitative estimate of drug-likeness (QED) is 0.857. The van der Waals surface area contributed by atoms with Gasteiger partial charge in [0.05, 0.1) is 17.8 Å². The summed E-state index contributed by atoms with van der Waals surface area (Å²) in [5.41, 5.74) is 1.56. The molecule has 2 aliphatic rings. The summed E-state index contributed by atoms with van der Waals surface area (Å²) in [5.74, 6) is 1.54. The van der Waals surface area contributed by atoms with Gasteiger partial charge in [-0.3, -0.25) is 4.79 Å². The van der Waals surface area contributed by atoms with Crippen LogP contribution in [0, 0.1) is 5.92 Å². The van der Waals surface area contributed by atoms with Crippen molar-refractivity contribution >= 4 is 23.2 Å². The fourth-order valence-electron chi connectivity index (χ4n) is 3.53. The molecule has 0 N–H and O–H groups in total. The summed E-state index contributed by atoms with van der Waals surface area (Å²) in [5, 5.41) is 2.08. The topological polar surface area (TPSA) is 49.3 Å². The molecule has 1 fully saturated rings. The summed E-state index contributed by atoms with van der Waals surface area (Å²) in [6, 6.07) is 4.17. The molecule has 1 saturated heterocycles. The van der Waals surface area contributed by atoms with Crippen molar-refractivity contribution in [3.63, 3.8) is 0 Å². The van der Waals surface area contributed by atoms with Gasteiger partial charge in [-0.1, -0.05) is 13.0 Å². The average molecular weight is 342 g/mol. The third kappa shape index (κ3) is 3.02. The lowest BCUT2D eigenvalue weighted by Gasteiger charge is -2.30. The van der Waals surface area contributed by atoms with E-state index in [0.717, 1.165) is 37.7 Å². The van der Waals surface area contributed by atoms with E-state index in [1.54, 1.807) is 17.5 Å². The first-order valence-corrected chi connectivity index (χ1v) is 9.51. The molecular formula is C18H22N4OS. The average Bonchev–Trinajstić information content (AvgIpc) is 3.21. The Labute approximate surface area is 146 Å². The third-order valence-electron chi connectivity index (χ3n) is 4.86. The molecule has 5 nitrogen and oxygen atoms in total. The molecule has 0 aromatic carbocycles. The maximum absolute atomic E-state index is 12.5. The summed E-state index contributed by atoms with van der Waals surface area (Å²) in [6.07, 6.45) is 5.09. The molecule has 126 valence electrons. The van der Waals surface area contributed by atoms with Crippen molar-refractivity contribution in [2.45, 2.75) is 32.7 Å². The molecule has 4 heterocycles. The molecule has 4 rings (SSSR count). The standard InChI is InChI=1S/C18H22N4OS/c1-13-4-2-7-22(11-13)18-19-10-15-16(20-18)12-21(17(15)23)8-6-14-5-3-9-24-14/h3,5,9-10,13H,2,4,6-8,11-12H2,1H3/t13-/m0/s1. The minimum Gasteiger partial charge on any atom is -0.341 e. The molecule has 1 atom stereocenters. The first-order chi connectivity index (χ1) is 11.7. The van der Waals surface area contributed by atoms with Crippen molar-refractivity contribution in [1.82, 2.24) is 14.9 Å². The Hall–Kier alpha value is -1.95. The van der Waals surface area contributed by atoms with Gasteiger partial charge < -0.3 is 9.80 Å². The maximum Gasteiger partial charge on any atom is 0.257 e. The van der Waals surface area contributed by atoms with Crippen LogP contribution in [0.2, 0.25) is 0 Å². The number of piperidine rings is 1. The summed E-state index contributed by atoms with van der Waals surface area (Å²) < 4.78 is 0. The number of carbonyl (C=O) groups excluding carboxylic acids is 1. The van der Waals surface area contributed by atoms with Crippen molar-refractivity contribution < 1.29 is 4.79 Å². The number of nitrogens with zero attached hydrogens (tertiary/aromatic N) is 4. The zero-order valence-corrected chi connectivity index (χ0v) is 14.8. The molecule has 24 heavy (non-hydrogen) atoms. The second-order valence-electron chi connectivity index (χ2n) is 6.78. The van der Waals surface area contributed by atoms with Crippen LogP contribution in [0.5, 0.6) is 0 Å². The Bertz CT molecular complexity index is 731. The highest BCUT2D eigenvalue weighted by molar-refractivity contribution is 7.09. The highest BCUT2D eigenvalue weighted by atomic mass is 32.1. The first kappa shape index (κ1) is 15.6. The van der Waals surface area contributed by atoms with Crippen LogP contribution < -0.4 is 4.90 Å². The second kappa shape index (κ2) is 6.51. The van der Waals surface area contributed by atoms with Crippen molar-refractivity contribution in [3.05, 3.63) is 39.8 Å². The zero-order chi connectivity index (χ0) is 16.5. The number of thiophene rings is 1. The molecule has 2 aromatic heterocycles. The van der Waals surface area contributed by atoms with Gasteiger partial charge in [0, 0.05) is 30.7 Å². The Morgan fingerprint density at radius 3 is 3.12 bits per heavy atom. The van der Waals surface area contributed by atoms with E-state index in [1.807, 2.05) is 4.90 Å². The lowest BCUT2D eigenvalue weighted by molar-refractivity contribution is 0.0780. The summed E-state index contributed by atoms with van der Waals surface area (Å²) in [6.45, 7) is 5.65. The van der Waals surface area contributed by atoms with E-state index in [1.165, 1.54) is 17.7 Å². The van der Waals surface area contributed by atoms with E-state index in [-0.39, 0.29) is 5.91 Å². The molecule has 0 aliphatic carbocycles. The molecule has 0 saturated carbocycles. The van der Waals surface area contributed by atoms with E-state index in [9.17, 15) is 4.79 Å². The molecule has 0 radical (unpaired) electrons. The van der Waals surface area contributed by atoms with E-state index < -0.39 is 0 Å². The van der Waals surface area contributed by atoms with Crippen LogP contribution in [0.4, 0.5) is 5.95 Å². The SMILES string of the molecule is C[C@H]1CCCN(c2ncc3c(n2)CN(CCc2cccs2)C3=O)C1. The van der Waals surface area contributed by atoms with Crippen LogP contribution in [0.15, 0.2) is 23.7 Å². The fourth-order valence-corrected chi connectivity index (χ4v) is 4.23. The predicted molar refractivity (Wildman–Crippen MR) is 95.4 cm³/mol. The van der Waals surface area contributed by atoms with Crippen molar-refractivity contribution in [1.29, 1.82) is 0 Å². The van der Waals surface area contributed by atoms with Gasteiger partial charge >= 0.3 is 0 Å². The van der Waals surface area contributed by atoms with Crippen molar-refractivity contribution in [2.75, 3.05) is 24.5 Å². The van der Waals surface area contributed by atoms with Crippen LogP contribution in [0.3, 0.4) is 0 Å². The summed E-state index contributed by atoms with van der Waals surface area (Å²) in [4.78, 5) is 27.2. The van der Waals surface area contributed by atoms with E-state index >= 15 is 0 Å². The number of amides is 1. The third-order valence-corrected chi connectivity index (χ3v) is 5.80. The highest BCUT2D eigenvalue weighted by Gasteiger charge is 2.30. The van der Waals surface area contributed by atoms with Gasteiger partial charge in [0.25, 0.3) is 5.91 Å². The largest absolute Gasteiger partial charge is 0.341 e. The van der Waals surface area contributed by atoms with Gasteiger partial charge in [-0.15, -0.1) is 11.3 Å². The molecule has 2 aliphatic heterocycles. The monoisotopic (exact) mass is 342 g/mol. The van der Waals surface area contributed by atoms with Crippen LogP contribution in [0.1, 0.15) is 40.7 Å². The summed E-state index contributed by atoms with van der Waals surface area (Å²) >= 11 is 1.74. The van der Waals surface area contributed by atoms with Gasteiger partial charge in [0.15, 0.2) is 0 Å². The van der Waals surface area contributed by atoms with Gasteiger partial charge in [-0.25, -0.2) is 9.97 Å². The number of hydrogen-bond donors (Lipinski definition) is 0. The Balaban J connectivity index is 1.46. The normalized spacial score (nSPS) is 20.5. The van der Waals surface area contributed by atoms with Crippen molar-refractivity contribution in [2.24, 2.45) is 5.92 Å². The van der Waals surface area contributed by atoms with Crippen LogP contribution >= 0.6 is 11.3 Å². The number of fused-ring (bicyclic) bond motifs is 1. The van der Waals surface area contributed by atoms with Crippen LogP contribution in [-0.2, 0) is 13.0 Å². The lowest BCUT2D eigenvalue weighted by Crippen LogP contribution is -2.35. The molecule has 0 spiro atoms. The molecular weight excluding hydrogens is 320 g/mol. The smallest absolute Gasteiger partial charge is 0.257 e.